The molecule has 0 aliphatic heterocycles. The van der Waals surface area contributed by atoms with Gasteiger partial charge in [0.2, 0.25) is 0 Å². The smallest absolute Gasteiger partial charge is 0.149 e. The molecule has 1 aliphatic carbocycles. The van der Waals surface area contributed by atoms with Crippen LogP contribution in [0.2, 0.25) is 0 Å². The van der Waals surface area contributed by atoms with Crippen molar-refractivity contribution in [2.45, 2.75) is 38.5 Å². The molecule has 0 spiro atoms. The molecule has 0 bridgehead atoms. The lowest BCUT2D eigenvalue weighted by atomic mass is 9.63. The molecule has 1 aromatic carbocycles. The third-order valence-electron chi connectivity index (χ3n) is 4.87. The van der Waals surface area contributed by atoms with Crippen LogP contribution in [0.5, 0.6) is 0 Å². The van der Waals surface area contributed by atoms with Crippen LogP contribution >= 0.6 is 15.9 Å². The SMILES string of the molecule is Cc1cc2c(C3(CN)CCC3)c3oc(C)cc3c(Br)c2o1. The molecule has 0 atom stereocenters. The van der Waals surface area contributed by atoms with Gasteiger partial charge in [-0.15, -0.1) is 0 Å². The summed E-state index contributed by atoms with van der Waals surface area (Å²) in [6, 6.07) is 4.19. The number of nitrogens with two attached hydrogens (primary N) is 1. The third-order valence-corrected chi connectivity index (χ3v) is 5.66. The largest absolute Gasteiger partial charge is 0.461 e. The fourth-order valence-electron chi connectivity index (χ4n) is 3.66. The van der Waals surface area contributed by atoms with Crippen LogP contribution in [-0.2, 0) is 5.41 Å². The third kappa shape index (κ3) is 1.69. The second-order valence-electron chi connectivity index (χ2n) is 6.23. The minimum atomic E-state index is 0.0395. The van der Waals surface area contributed by atoms with E-state index in [9.17, 15) is 0 Å². The molecule has 0 radical (unpaired) electrons. The Hall–Kier alpha value is -1.26. The van der Waals surface area contributed by atoms with Crippen molar-refractivity contribution in [3.8, 4) is 0 Å². The molecule has 0 amide bonds. The number of furan rings is 2. The Kier molecular flexibility index (Phi) is 2.79. The van der Waals surface area contributed by atoms with Crippen LogP contribution in [0.25, 0.3) is 21.9 Å². The van der Waals surface area contributed by atoms with Crippen molar-refractivity contribution in [3.05, 3.63) is 33.7 Å². The van der Waals surface area contributed by atoms with E-state index in [0.29, 0.717) is 6.54 Å². The lowest BCUT2D eigenvalue weighted by Crippen LogP contribution is -2.41. The topological polar surface area (TPSA) is 52.3 Å². The average molecular weight is 348 g/mol. The Labute approximate surface area is 131 Å². The highest BCUT2D eigenvalue weighted by Gasteiger charge is 2.41. The zero-order chi connectivity index (χ0) is 14.8. The predicted octanol–water partition coefficient (Wildman–Crippen LogP) is 4.94. The molecule has 1 saturated carbocycles. The fraction of sp³-hybridized carbons (Fsp3) is 0.412. The molecular formula is C17H18BrNO2. The van der Waals surface area contributed by atoms with E-state index in [1.54, 1.807) is 0 Å². The number of benzene rings is 1. The maximum Gasteiger partial charge on any atom is 0.149 e. The van der Waals surface area contributed by atoms with Crippen molar-refractivity contribution in [3.63, 3.8) is 0 Å². The second kappa shape index (κ2) is 4.37. The molecule has 0 unspecified atom stereocenters. The summed E-state index contributed by atoms with van der Waals surface area (Å²) in [7, 11) is 0. The predicted molar refractivity (Wildman–Crippen MR) is 87.7 cm³/mol. The van der Waals surface area contributed by atoms with Gasteiger partial charge in [-0.3, -0.25) is 0 Å². The Morgan fingerprint density at radius 3 is 2.29 bits per heavy atom. The highest BCUT2D eigenvalue weighted by Crippen LogP contribution is 2.51. The van der Waals surface area contributed by atoms with Gasteiger partial charge in [0.1, 0.15) is 22.7 Å². The standard InChI is InChI=1S/C17H18BrNO2/c1-9-6-11-13(17(8-19)4-3-5-17)15-12(7-10(2)20-15)14(18)16(11)21-9/h6-7H,3-5,8,19H2,1-2H3. The monoisotopic (exact) mass is 347 g/mol. The minimum absolute atomic E-state index is 0.0395. The molecule has 2 heterocycles. The molecule has 4 heteroatoms. The van der Waals surface area contributed by atoms with Crippen LogP contribution in [0.4, 0.5) is 0 Å². The molecule has 3 nitrogen and oxygen atoms in total. The zero-order valence-electron chi connectivity index (χ0n) is 12.3. The van der Waals surface area contributed by atoms with E-state index in [-0.39, 0.29) is 5.41 Å². The number of hydrogen-bond donors (Lipinski definition) is 1. The first kappa shape index (κ1) is 13.4. The molecule has 2 N–H and O–H groups in total. The first-order valence-electron chi connectivity index (χ1n) is 7.38. The van der Waals surface area contributed by atoms with Gasteiger partial charge >= 0.3 is 0 Å². The second-order valence-corrected chi connectivity index (χ2v) is 7.02. The molecular weight excluding hydrogens is 330 g/mol. The van der Waals surface area contributed by atoms with E-state index in [1.165, 1.54) is 12.0 Å². The van der Waals surface area contributed by atoms with Crippen molar-refractivity contribution >= 4 is 37.9 Å². The summed E-state index contributed by atoms with van der Waals surface area (Å²) >= 11 is 3.69. The summed E-state index contributed by atoms with van der Waals surface area (Å²) in [6.07, 6.45) is 3.48. The number of fused-ring (bicyclic) bond motifs is 2. The van der Waals surface area contributed by atoms with Crippen LogP contribution < -0.4 is 5.73 Å². The van der Waals surface area contributed by atoms with Gasteiger partial charge in [-0.2, -0.15) is 0 Å². The maximum atomic E-state index is 6.15. The molecule has 2 aromatic heterocycles. The zero-order valence-corrected chi connectivity index (χ0v) is 13.8. The minimum Gasteiger partial charge on any atom is -0.461 e. The van der Waals surface area contributed by atoms with Gasteiger partial charge in [0.25, 0.3) is 0 Å². The molecule has 110 valence electrons. The Bertz CT molecular complexity index is 792. The molecule has 21 heavy (non-hydrogen) atoms. The molecule has 1 fully saturated rings. The van der Waals surface area contributed by atoms with Gasteiger partial charge in [-0.25, -0.2) is 0 Å². The van der Waals surface area contributed by atoms with Crippen molar-refractivity contribution in [1.29, 1.82) is 0 Å². The highest BCUT2D eigenvalue weighted by atomic mass is 79.9. The van der Waals surface area contributed by atoms with Gasteiger partial charge in [-0.1, -0.05) is 6.42 Å². The first-order valence-corrected chi connectivity index (χ1v) is 8.17. The van der Waals surface area contributed by atoms with Gasteiger partial charge in [-0.05, 0) is 54.8 Å². The molecule has 3 aromatic rings. The summed E-state index contributed by atoms with van der Waals surface area (Å²) in [5.41, 5.74) is 9.32. The van der Waals surface area contributed by atoms with Crippen molar-refractivity contribution < 1.29 is 8.83 Å². The molecule has 1 aliphatic rings. The lowest BCUT2D eigenvalue weighted by Gasteiger charge is -2.41. The van der Waals surface area contributed by atoms with Crippen LogP contribution in [0.3, 0.4) is 0 Å². The maximum absolute atomic E-state index is 6.15. The summed E-state index contributed by atoms with van der Waals surface area (Å²) in [4.78, 5) is 0. The van der Waals surface area contributed by atoms with Crippen LogP contribution in [0, 0.1) is 13.8 Å². The van der Waals surface area contributed by atoms with E-state index >= 15 is 0 Å². The molecule has 0 saturated heterocycles. The first-order chi connectivity index (χ1) is 10.1. The summed E-state index contributed by atoms with van der Waals surface area (Å²) in [5, 5.41) is 2.23. The van der Waals surface area contributed by atoms with E-state index in [2.05, 4.69) is 28.1 Å². The lowest BCUT2D eigenvalue weighted by molar-refractivity contribution is 0.255. The number of hydrogen-bond acceptors (Lipinski definition) is 3. The summed E-state index contributed by atoms with van der Waals surface area (Å²) in [6.45, 7) is 4.63. The van der Waals surface area contributed by atoms with E-state index in [4.69, 9.17) is 14.6 Å². The van der Waals surface area contributed by atoms with Crippen molar-refractivity contribution in [1.82, 2.24) is 0 Å². The van der Waals surface area contributed by atoms with E-state index in [0.717, 1.165) is 50.8 Å². The van der Waals surface area contributed by atoms with Crippen LogP contribution in [0.1, 0.15) is 36.3 Å². The van der Waals surface area contributed by atoms with E-state index in [1.807, 2.05) is 13.8 Å². The number of rotatable bonds is 2. The van der Waals surface area contributed by atoms with Gasteiger partial charge in [0.15, 0.2) is 0 Å². The van der Waals surface area contributed by atoms with Gasteiger partial charge in [0.05, 0.1) is 4.47 Å². The summed E-state index contributed by atoms with van der Waals surface area (Å²) in [5.74, 6) is 1.84. The Morgan fingerprint density at radius 1 is 1.10 bits per heavy atom. The summed E-state index contributed by atoms with van der Waals surface area (Å²) < 4.78 is 13.0. The normalized spacial score (nSPS) is 17.5. The van der Waals surface area contributed by atoms with Crippen molar-refractivity contribution in [2.75, 3.05) is 6.54 Å². The number of aryl methyl sites for hydroxylation is 2. The average Bonchev–Trinajstić information content (AvgIpc) is 2.95. The van der Waals surface area contributed by atoms with Crippen LogP contribution in [-0.4, -0.2) is 6.54 Å². The van der Waals surface area contributed by atoms with Crippen LogP contribution in [0.15, 0.2) is 25.4 Å². The quantitative estimate of drug-likeness (QED) is 0.714. The van der Waals surface area contributed by atoms with Crippen molar-refractivity contribution in [2.24, 2.45) is 5.73 Å². The van der Waals surface area contributed by atoms with E-state index < -0.39 is 0 Å². The highest BCUT2D eigenvalue weighted by molar-refractivity contribution is 9.10. The Balaban J connectivity index is 2.20. The number of halogens is 1. The van der Waals surface area contributed by atoms with Gasteiger partial charge in [0, 0.05) is 28.3 Å². The fourth-order valence-corrected chi connectivity index (χ4v) is 4.25. The molecule has 4 rings (SSSR count). The van der Waals surface area contributed by atoms with Gasteiger partial charge < -0.3 is 14.6 Å². The Morgan fingerprint density at radius 2 is 1.71 bits per heavy atom.